The van der Waals surface area contributed by atoms with Crippen LogP contribution in [0.15, 0.2) is 42.6 Å². The third kappa shape index (κ3) is 3.54. The minimum Gasteiger partial charge on any atom is -0.351 e. The maximum Gasteiger partial charge on any atom is 0.162 e. The quantitative estimate of drug-likeness (QED) is 0.724. The Bertz CT molecular complexity index is 373. The summed E-state index contributed by atoms with van der Waals surface area (Å²) in [5.74, 6) is 0.135. The molecule has 1 aromatic rings. The summed E-state index contributed by atoms with van der Waals surface area (Å²) in [5.41, 5.74) is 0.758. The van der Waals surface area contributed by atoms with Crippen molar-refractivity contribution in [3.05, 3.63) is 42.6 Å². The minimum absolute atomic E-state index is 0.135. The van der Waals surface area contributed by atoms with E-state index in [-0.39, 0.29) is 11.2 Å². The van der Waals surface area contributed by atoms with E-state index >= 15 is 0 Å². The molecule has 2 nitrogen and oxygen atoms in total. The Kier molecular flexibility index (Phi) is 3.88. The Morgan fingerprint density at radius 3 is 2.25 bits per heavy atom. The number of rotatable bonds is 3. The molecule has 0 N–H and O–H groups in total. The van der Waals surface area contributed by atoms with Gasteiger partial charge in [0.25, 0.3) is 0 Å². The lowest BCUT2D eigenvalue weighted by Gasteiger charge is -2.16. The SMILES string of the molecule is CN(/C=C/C(=O)C(C)(C)C)c1ccccc1. The predicted octanol–water partition coefficient (Wildman–Crippen LogP) is 3.25. The van der Waals surface area contributed by atoms with Crippen LogP contribution < -0.4 is 4.90 Å². The zero-order chi connectivity index (χ0) is 12.2. The number of benzene rings is 1. The maximum atomic E-state index is 11.7. The molecule has 1 rings (SSSR count). The van der Waals surface area contributed by atoms with Crippen molar-refractivity contribution >= 4 is 11.5 Å². The molecule has 0 fully saturated rings. The van der Waals surface area contributed by atoms with E-state index in [1.54, 1.807) is 6.08 Å². The van der Waals surface area contributed by atoms with Crippen LogP contribution in [0.4, 0.5) is 5.69 Å². The lowest BCUT2D eigenvalue weighted by Crippen LogP contribution is -2.18. The first-order chi connectivity index (χ1) is 7.41. The molecule has 0 unspecified atom stereocenters. The molecule has 0 radical (unpaired) electrons. The molecule has 0 saturated heterocycles. The molecule has 0 aliphatic rings. The molecule has 0 aliphatic heterocycles. The summed E-state index contributed by atoms with van der Waals surface area (Å²) >= 11 is 0. The molecule has 2 heteroatoms. The summed E-state index contributed by atoms with van der Waals surface area (Å²) in [7, 11) is 1.93. The molecule has 0 heterocycles. The Hall–Kier alpha value is -1.57. The number of allylic oxidation sites excluding steroid dienone is 1. The van der Waals surface area contributed by atoms with Gasteiger partial charge in [-0.25, -0.2) is 0 Å². The van der Waals surface area contributed by atoms with Gasteiger partial charge in [0.2, 0.25) is 0 Å². The second kappa shape index (κ2) is 4.97. The molecular formula is C14H19NO. The molecule has 0 bridgehead atoms. The van der Waals surface area contributed by atoms with E-state index in [2.05, 4.69) is 0 Å². The lowest BCUT2D eigenvalue weighted by molar-refractivity contribution is -0.121. The van der Waals surface area contributed by atoms with Gasteiger partial charge < -0.3 is 4.90 Å². The number of para-hydroxylation sites is 1. The highest BCUT2D eigenvalue weighted by molar-refractivity contribution is 5.94. The monoisotopic (exact) mass is 217 g/mol. The standard InChI is InChI=1S/C14H19NO/c1-14(2,3)13(16)10-11-15(4)12-8-6-5-7-9-12/h5-11H,1-4H3/b11-10+. The van der Waals surface area contributed by atoms with Crippen LogP contribution in [-0.4, -0.2) is 12.8 Å². The van der Waals surface area contributed by atoms with E-state index in [9.17, 15) is 4.79 Å². The average Bonchev–Trinajstić information content (AvgIpc) is 2.25. The maximum absolute atomic E-state index is 11.7. The normalized spacial score (nSPS) is 11.8. The highest BCUT2D eigenvalue weighted by Crippen LogP contribution is 2.16. The van der Waals surface area contributed by atoms with E-state index in [4.69, 9.17) is 0 Å². The molecule has 0 spiro atoms. The third-order valence-electron chi connectivity index (χ3n) is 2.35. The Morgan fingerprint density at radius 2 is 1.75 bits per heavy atom. The van der Waals surface area contributed by atoms with Crippen molar-refractivity contribution in [2.45, 2.75) is 20.8 Å². The fraction of sp³-hybridized carbons (Fsp3) is 0.357. The number of ketones is 1. The van der Waals surface area contributed by atoms with Gasteiger partial charge in [0.15, 0.2) is 5.78 Å². The lowest BCUT2D eigenvalue weighted by atomic mass is 9.91. The minimum atomic E-state index is -0.311. The van der Waals surface area contributed by atoms with Gasteiger partial charge in [0.1, 0.15) is 0 Å². The fourth-order valence-corrected chi connectivity index (χ4v) is 1.18. The van der Waals surface area contributed by atoms with Gasteiger partial charge in [-0.3, -0.25) is 4.79 Å². The largest absolute Gasteiger partial charge is 0.351 e. The van der Waals surface area contributed by atoms with Crippen LogP contribution in [0.5, 0.6) is 0 Å². The second-order valence-corrected chi connectivity index (χ2v) is 4.88. The Labute approximate surface area is 97.6 Å². The van der Waals surface area contributed by atoms with Gasteiger partial charge in [0.05, 0.1) is 0 Å². The Balaban J connectivity index is 2.69. The average molecular weight is 217 g/mol. The van der Waals surface area contributed by atoms with Crippen LogP contribution in [0.25, 0.3) is 0 Å². The second-order valence-electron chi connectivity index (χ2n) is 4.88. The predicted molar refractivity (Wildman–Crippen MR) is 68.4 cm³/mol. The van der Waals surface area contributed by atoms with Crippen molar-refractivity contribution in [3.63, 3.8) is 0 Å². The first-order valence-corrected chi connectivity index (χ1v) is 5.42. The molecule has 0 aliphatic carbocycles. The van der Waals surface area contributed by atoms with Gasteiger partial charge in [-0.1, -0.05) is 39.0 Å². The fourth-order valence-electron chi connectivity index (χ4n) is 1.18. The first-order valence-electron chi connectivity index (χ1n) is 5.42. The number of hydrogen-bond donors (Lipinski definition) is 0. The third-order valence-corrected chi connectivity index (χ3v) is 2.35. The number of hydrogen-bond acceptors (Lipinski definition) is 2. The summed E-state index contributed by atoms with van der Waals surface area (Å²) in [6.07, 6.45) is 3.44. The van der Waals surface area contributed by atoms with Gasteiger partial charge in [0, 0.05) is 24.4 Å². The smallest absolute Gasteiger partial charge is 0.162 e. The van der Waals surface area contributed by atoms with E-state index in [0.717, 1.165) is 5.69 Å². The van der Waals surface area contributed by atoms with Crippen molar-refractivity contribution in [2.24, 2.45) is 5.41 Å². The van der Waals surface area contributed by atoms with Crippen LogP contribution in [0.2, 0.25) is 0 Å². The van der Waals surface area contributed by atoms with E-state index in [1.807, 2.05) is 69.3 Å². The summed E-state index contributed by atoms with van der Waals surface area (Å²) in [6, 6.07) is 9.94. The van der Waals surface area contributed by atoms with Crippen LogP contribution in [-0.2, 0) is 4.79 Å². The molecular weight excluding hydrogens is 198 g/mol. The number of carbonyl (C=O) groups is 1. The summed E-state index contributed by atoms with van der Waals surface area (Å²) in [6.45, 7) is 5.76. The van der Waals surface area contributed by atoms with E-state index in [1.165, 1.54) is 0 Å². The van der Waals surface area contributed by atoms with Gasteiger partial charge in [-0.05, 0) is 18.2 Å². The number of carbonyl (C=O) groups excluding carboxylic acids is 1. The van der Waals surface area contributed by atoms with E-state index in [0.29, 0.717) is 0 Å². The van der Waals surface area contributed by atoms with Gasteiger partial charge in [-0.2, -0.15) is 0 Å². The molecule has 1 aromatic carbocycles. The van der Waals surface area contributed by atoms with Crippen molar-refractivity contribution in [2.75, 3.05) is 11.9 Å². The van der Waals surface area contributed by atoms with Crippen molar-refractivity contribution < 1.29 is 4.79 Å². The van der Waals surface area contributed by atoms with Crippen molar-refractivity contribution in [3.8, 4) is 0 Å². The van der Waals surface area contributed by atoms with Crippen molar-refractivity contribution in [1.29, 1.82) is 0 Å². The summed E-state index contributed by atoms with van der Waals surface area (Å²) < 4.78 is 0. The highest BCUT2D eigenvalue weighted by Gasteiger charge is 2.18. The zero-order valence-electron chi connectivity index (χ0n) is 10.4. The van der Waals surface area contributed by atoms with Gasteiger partial charge in [-0.15, -0.1) is 0 Å². The number of anilines is 1. The number of nitrogens with zero attached hydrogens (tertiary/aromatic N) is 1. The molecule has 16 heavy (non-hydrogen) atoms. The van der Waals surface area contributed by atoms with Crippen molar-refractivity contribution in [1.82, 2.24) is 0 Å². The van der Waals surface area contributed by atoms with Crippen LogP contribution in [0.1, 0.15) is 20.8 Å². The van der Waals surface area contributed by atoms with Crippen LogP contribution in [0.3, 0.4) is 0 Å². The van der Waals surface area contributed by atoms with Gasteiger partial charge >= 0.3 is 0 Å². The molecule has 0 amide bonds. The summed E-state index contributed by atoms with van der Waals surface area (Å²) in [5, 5.41) is 0. The van der Waals surface area contributed by atoms with Crippen LogP contribution >= 0.6 is 0 Å². The highest BCUT2D eigenvalue weighted by atomic mass is 16.1. The summed E-state index contributed by atoms with van der Waals surface area (Å²) in [4.78, 5) is 13.6. The van der Waals surface area contributed by atoms with E-state index < -0.39 is 0 Å². The molecule has 0 saturated carbocycles. The Morgan fingerprint density at radius 1 is 1.19 bits per heavy atom. The molecule has 0 atom stereocenters. The first kappa shape index (κ1) is 12.5. The molecule has 0 aromatic heterocycles. The topological polar surface area (TPSA) is 20.3 Å². The van der Waals surface area contributed by atoms with Crippen LogP contribution in [0, 0.1) is 5.41 Å². The molecule has 86 valence electrons. The zero-order valence-corrected chi connectivity index (χ0v) is 10.4.